The highest BCUT2D eigenvalue weighted by Gasteiger charge is 2.35. The molecule has 3 N–H and O–H groups in total. The van der Waals surface area contributed by atoms with Gasteiger partial charge in [0.25, 0.3) is 10.2 Å². The van der Waals surface area contributed by atoms with Crippen LogP contribution in [0.15, 0.2) is 30.3 Å². The lowest BCUT2D eigenvalue weighted by atomic mass is 10.0. The minimum Gasteiger partial charge on any atom is -0.481 e. The third-order valence-electron chi connectivity index (χ3n) is 4.07. The Labute approximate surface area is 136 Å². The van der Waals surface area contributed by atoms with Gasteiger partial charge in [-0.3, -0.25) is 4.79 Å². The van der Waals surface area contributed by atoms with Crippen molar-refractivity contribution in [2.75, 3.05) is 20.1 Å². The normalized spacial score (nSPS) is 23.6. The molecule has 1 aliphatic rings. The zero-order chi connectivity index (χ0) is 17.0. The lowest BCUT2D eigenvalue weighted by Crippen LogP contribution is -2.47. The molecule has 2 atom stereocenters. The van der Waals surface area contributed by atoms with Crippen molar-refractivity contribution < 1.29 is 18.3 Å². The second-order valence-electron chi connectivity index (χ2n) is 5.94. The first-order valence-corrected chi connectivity index (χ1v) is 8.94. The summed E-state index contributed by atoms with van der Waals surface area (Å²) < 4.78 is 28.0. The van der Waals surface area contributed by atoms with E-state index in [1.807, 2.05) is 30.3 Å². The number of carboxylic acids is 1. The van der Waals surface area contributed by atoms with E-state index in [1.165, 1.54) is 15.7 Å². The van der Waals surface area contributed by atoms with Gasteiger partial charge in [-0.2, -0.15) is 17.0 Å². The highest BCUT2D eigenvalue weighted by Crippen LogP contribution is 2.21. The molecule has 1 aromatic carbocycles. The summed E-state index contributed by atoms with van der Waals surface area (Å²) in [6, 6.07) is 8.90. The maximum Gasteiger partial charge on any atom is 0.307 e. The molecule has 1 heterocycles. The molecule has 1 aliphatic heterocycles. The molecular formula is C15H23N3O4S. The molecule has 0 spiro atoms. The van der Waals surface area contributed by atoms with Crippen molar-refractivity contribution in [1.29, 1.82) is 0 Å². The van der Waals surface area contributed by atoms with E-state index in [2.05, 4.69) is 0 Å². The van der Waals surface area contributed by atoms with Crippen LogP contribution in [0.1, 0.15) is 18.4 Å². The first-order valence-electron chi connectivity index (χ1n) is 7.54. The molecule has 2 rings (SSSR count). The average molecular weight is 341 g/mol. The number of hydrogen-bond donors (Lipinski definition) is 2. The summed E-state index contributed by atoms with van der Waals surface area (Å²) in [4.78, 5) is 11.3. The molecule has 7 nitrogen and oxygen atoms in total. The highest BCUT2D eigenvalue weighted by molar-refractivity contribution is 7.86. The minimum atomic E-state index is -3.76. The third-order valence-corrected chi connectivity index (χ3v) is 5.93. The molecule has 0 amide bonds. The second-order valence-corrected chi connectivity index (χ2v) is 7.97. The van der Waals surface area contributed by atoms with E-state index >= 15 is 0 Å². The molecule has 1 fully saturated rings. The Kier molecular flexibility index (Phi) is 5.74. The van der Waals surface area contributed by atoms with Gasteiger partial charge >= 0.3 is 5.97 Å². The van der Waals surface area contributed by atoms with Crippen LogP contribution in [0.2, 0.25) is 0 Å². The van der Waals surface area contributed by atoms with E-state index in [-0.39, 0.29) is 25.7 Å². The Hall–Kier alpha value is -1.48. The molecule has 1 aromatic rings. The lowest BCUT2D eigenvalue weighted by Gasteiger charge is -2.28. The molecule has 1 saturated heterocycles. The van der Waals surface area contributed by atoms with Gasteiger partial charge in [0.05, 0.1) is 5.92 Å². The third kappa shape index (κ3) is 4.51. The van der Waals surface area contributed by atoms with Crippen LogP contribution in [-0.4, -0.2) is 54.3 Å². The van der Waals surface area contributed by atoms with Gasteiger partial charge in [0.2, 0.25) is 0 Å². The fourth-order valence-corrected chi connectivity index (χ4v) is 4.14. The van der Waals surface area contributed by atoms with E-state index in [0.717, 1.165) is 5.56 Å². The molecule has 0 unspecified atom stereocenters. The van der Waals surface area contributed by atoms with Gasteiger partial charge in [0, 0.05) is 32.7 Å². The van der Waals surface area contributed by atoms with E-state index < -0.39 is 22.1 Å². The van der Waals surface area contributed by atoms with Crippen LogP contribution < -0.4 is 5.73 Å². The number of hydrogen-bond acceptors (Lipinski definition) is 4. The monoisotopic (exact) mass is 341 g/mol. The smallest absolute Gasteiger partial charge is 0.307 e. The van der Waals surface area contributed by atoms with Gasteiger partial charge < -0.3 is 10.8 Å². The topological polar surface area (TPSA) is 104 Å². The maximum atomic E-state index is 12.8. The molecule has 0 aliphatic carbocycles. The quantitative estimate of drug-likeness (QED) is 0.811. The summed E-state index contributed by atoms with van der Waals surface area (Å²) in [6.45, 7) is 0.336. The van der Waals surface area contributed by atoms with E-state index in [1.54, 1.807) is 0 Å². The summed E-state index contributed by atoms with van der Waals surface area (Å²) in [5.41, 5.74) is 6.79. The van der Waals surface area contributed by atoms with Crippen LogP contribution in [-0.2, 0) is 21.5 Å². The lowest BCUT2D eigenvalue weighted by molar-refractivity contribution is -0.142. The first-order chi connectivity index (χ1) is 10.8. The Morgan fingerprint density at radius 3 is 2.57 bits per heavy atom. The fourth-order valence-electron chi connectivity index (χ4n) is 2.69. The Morgan fingerprint density at radius 1 is 1.30 bits per heavy atom. The first kappa shape index (κ1) is 17.9. The summed E-state index contributed by atoms with van der Waals surface area (Å²) in [5, 5.41) is 9.23. The Balaban J connectivity index is 2.16. The van der Waals surface area contributed by atoms with E-state index in [9.17, 15) is 18.3 Å². The molecule has 0 aromatic heterocycles. The van der Waals surface area contributed by atoms with Gasteiger partial charge in [0.15, 0.2) is 0 Å². The van der Waals surface area contributed by atoms with Gasteiger partial charge in [-0.15, -0.1) is 0 Å². The van der Waals surface area contributed by atoms with Crippen molar-refractivity contribution in [3.05, 3.63) is 35.9 Å². The fraction of sp³-hybridized carbons (Fsp3) is 0.533. The van der Waals surface area contributed by atoms with Gasteiger partial charge in [-0.25, -0.2) is 0 Å². The summed E-state index contributed by atoms with van der Waals surface area (Å²) in [7, 11) is -2.27. The van der Waals surface area contributed by atoms with Crippen LogP contribution in [0.3, 0.4) is 0 Å². The number of nitrogens with two attached hydrogens (primary N) is 1. The van der Waals surface area contributed by atoms with Crippen LogP contribution in [0.5, 0.6) is 0 Å². The number of benzene rings is 1. The van der Waals surface area contributed by atoms with Crippen LogP contribution in [0.25, 0.3) is 0 Å². The Morgan fingerprint density at radius 2 is 1.96 bits per heavy atom. The highest BCUT2D eigenvalue weighted by atomic mass is 32.2. The SMILES string of the molecule is CN(Cc1ccccc1)S(=O)(=O)N1C[C@H](N)CC[C@H](C(=O)O)C1. The number of aliphatic carboxylic acids is 1. The van der Waals surface area contributed by atoms with E-state index in [4.69, 9.17) is 5.73 Å². The van der Waals surface area contributed by atoms with Crippen molar-refractivity contribution in [3.63, 3.8) is 0 Å². The summed E-state index contributed by atoms with van der Waals surface area (Å²) in [6.07, 6.45) is 0.899. The van der Waals surface area contributed by atoms with E-state index in [0.29, 0.717) is 12.8 Å². The maximum absolute atomic E-state index is 12.8. The predicted octanol–water partition coefficient (Wildman–Crippen LogP) is 0.487. The van der Waals surface area contributed by atoms with Crippen LogP contribution >= 0.6 is 0 Å². The summed E-state index contributed by atoms with van der Waals surface area (Å²) in [5.74, 6) is -1.70. The molecular weight excluding hydrogens is 318 g/mol. The predicted molar refractivity (Wildman–Crippen MR) is 86.7 cm³/mol. The number of carboxylic acid groups (broad SMARTS) is 1. The minimum absolute atomic E-state index is 0.0372. The van der Waals surface area contributed by atoms with Crippen molar-refractivity contribution in [1.82, 2.24) is 8.61 Å². The molecule has 23 heavy (non-hydrogen) atoms. The molecule has 0 bridgehead atoms. The number of carbonyl (C=O) groups is 1. The van der Waals surface area contributed by atoms with Crippen molar-refractivity contribution in [2.24, 2.45) is 11.7 Å². The Bertz CT molecular complexity index is 635. The zero-order valence-corrected chi connectivity index (χ0v) is 13.9. The largest absolute Gasteiger partial charge is 0.481 e. The standard InChI is InChI=1S/C15H23N3O4S/c1-17(9-12-5-3-2-4-6-12)23(21,22)18-10-13(15(19)20)7-8-14(16)11-18/h2-6,13-14H,7-11,16H2,1H3,(H,19,20)/t13-,14+/m0/s1. The molecule has 8 heteroatoms. The van der Waals surface area contributed by atoms with Crippen molar-refractivity contribution >= 4 is 16.2 Å². The van der Waals surface area contributed by atoms with Crippen LogP contribution in [0.4, 0.5) is 0 Å². The second kappa shape index (κ2) is 7.39. The van der Waals surface area contributed by atoms with Gasteiger partial charge in [0.1, 0.15) is 0 Å². The average Bonchev–Trinajstić information content (AvgIpc) is 2.70. The van der Waals surface area contributed by atoms with Crippen molar-refractivity contribution in [3.8, 4) is 0 Å². The molecule has 0 radical (unpaired) electrons. The number of rotatable bonds is 5. The van der Waals surface area contributed by atoms with Gasteiger partial charge in [-0.05, 0) is 18.4 Å². The van der Waals surface area contributed by atoms with Crippen molar-refractivity contribution in [2.45, 2.75) is 25.4 Å². The zero-order valence-electron chi connectivity index (χ0n) is 13.1. The van der Waals surface area contributed by atoms with Crippen LogP contribution in [0, 0.1) is 5.92 Å². The summed E-state index contributed by atoms with van der Waals surface area (Å²) >= 11 is 0. The molecule has 128 valence electrons. The number of nitrogens with zero attached hydrogens (tertiary/aromatic N) is 2. The molecule has 0 saturated carbocycles. The van der Waals surface area contributed by atoms with Gasteiger partial charge in [-0.1, -0.05) is 30.3 Å².